The number of nitrogens with zero attached hydrogens (tertiary/aromatic N) is 1. The number of hydrogen-bond donors (Lipinski definition) is 4. The van der Waals surface area contributed by atoms with E-state index < -0.39 is 6.09 Å². The van der Waals surface area contributed by atoms with E-state index in [1.807, 2.05) is 45.9 Å². The van der Waals surface area contributed by atoms with Crippen molar-refractivity contribution in [2.45, 2.75) is 33.1 Å². The number of imidazole rings is 1. The highest BCUT2D eigenvalue weighted by Gasteiger charge is 2.21. The average molecular weight is 392 g/mol. The third-order valence-electron chi connectivity index (χ3n) is 4.59. The predicted octanol–water partition coefficient (Wildman–Crippen LogP) is 5.02. The van der Waals surface area contributed by atoms with Crippen LogP contribution in [0.2, 0.25) is 0 Å². The van der Waals surface area contributed by atoms with Crippen molar-refractivity contribution in [2.24, 2.45) is 0 Å². The molecule has 2 aromatic carbocycles. The summed E-state index contributed by atoms with van der Waals surface area (Å²) >= 11 is 0. The van der Waals surface area contributed by atoms with Gasteiger partial charge in [-0.15, -0.1) is 0 Å². The summed E-state index contributed by atoms with van der Waals surface area (Å²) in [5, 5.41) is 14.4. The van der Waals surface area contributed by atoms with Crippen LogP contribution in [0.5, 0.6) is 0 Å². The van der Waals surface area contributed by atoms with Gasteiger partial charge >= 0.3 is 6.09 Å². The molecule has 0 unspecified atom stereocenters. The number of anilines is 2. The number of benzene rings is 2. The Morgan fingerprint density at radius 3 is 2.41 bits per heavy atom. The summed E-state index contributed by atoms with van der Waals surface area (Å²) in [4.78, 5) is 31.3. The van der Waals surface area contributed by atoms with Gasteiger partial charge in [0.1, 0.15) is 5.82 Å². The molecule has 0 saturated carbocycles. The highest BCUT2D eigenvalue weighted by atomic mass is 16.4. The number of aryl methyl sites for hydroxylation is 1. The van der Waals surface area contributed by atoms with E-state index in [4.69, 9.17) is 5.11 Å². The first-order chi connectivity index (χ1) is 13.6. The predicted molar refractivity (Wildman–Crippen MR) is 114 cm³/mol. The van der Waals surface area contributed by atoms with Crippen LogP contribution in [0.4, 0.5) is 16.2 Å². The van der Waals surface area contributed by atoms with E-state index >= 15 is 0 Å². The number of amides is 2. The van der Waals surface area contributed by atoms with Crippen molar-refractivity contribution in [1.29, 1.82) is 0 Å². The number of carbonyl (C=O) groups is 2. The van der Waals surface area contributed by atoms with Gasteiger partial charge in [0.15, 0.2) is 0 Å². The van der Waals surface area contributed by atoms with Gasteiger partial charge in [0.25, 0.3) is 5.91 Å². The van der Waals surface area contributed by atoms with Crippen molar-refractivity contribution >= 4 is 23.4 Å². The number of carbonyl (C=O) groups excluding carboxylic acids is 1. The Morgan fingerprint density at radius 2 is 1.79 bits per heavy atom. The van der Waals surface area contributed by atoms with Crippen molar-refractivity contribution in [3.8, 4) is 11.4 Å². The monoisotopic (exact) mass is 392 g/mol. The van der Waals surface area contributed by atoms with Gasteiger partial charge in [0.05, 0.1) is 0 Å². The number of rotatable bonds is 4. The minimum atomic E-state index is -1.14. The number of aromatic nitrogens is 2. The lowest BCUT2D eigenvalue weighted by molar-refractivity contribution is 0.102. The van der Waals surface area contributed by atoms with Crippen molar-refractivity contribution in [1.82, 2.24) is 9.97 Å². The van der Waals surface area contributed by atoms with Crippen molar-refractivity contribution in [3.05, 3.63) is 65.5 Å². The Bertz CT molecular complexity index is 1050. The normalized spacial score (nSPS) is 11.2. The van der Waals surface area contributed by atoms with Crippen LogP contribution in [0.3, 0.4) is 0 Å². The maximum absolute atomic E-state index is 12.9. The molecule has 0 aliphatic rings. The molecule has 7 nitrogen and oxygen atoms in total. The molecule has 0 saturated heterocycles. The van der Waals surface area contributed by atoms with Crippen LogP contribution in [0.1, 0.15) is 42.3 Å². The molecule has 2 amide bonds. The second-order valence-corrected chi connectivity index (χ2v) is 7.86. The minimum absolute atomic E-state index is 0.267. The summed E-state index contributed by atoms with van der Waals surface area (Å²) in [6.45, 7) is 7.82. The molecular formula is C22H24N4O3. The molecule has 0 bridgehead atoms. The molecule has 29 heavy (non-hydrogen) atoms. The zero-order valence-electron chi connectivity index (χ0n) is 16.8. The van der Waals surface area contributed by atoms with Crippen LogP contribution in [-0.2, 0) is 5.41 Å². The zero-order valence-corrected chi connectivity index (χ0v) is 16.8. The fourth-order valence-corrected chi connectivity index (χ4v) is 3.05. The molecule has 4 N–H and O–H groups in total. The number of carboxylic acid groups (broad SMARTS) is 1. The smallest absolute Gasteiger partial charge is 0.409 e. The molecule has 0 spiro atoms. The number of nitrogens with one attached hydrogen (secondary N) is 3. The van der Waals surface area contributed by atoms with Gasteiger partial charge in [0.2, 0.25) is 0 Å². The minimum Gasteiger partial charge on any atom is -0.465 e. The maximum Gasteiger partial charge on any atom is 0.409 e. The molecule has 3 aromatic rings. The lowest BCUT2D eigenvalue weighted by Crippen LogP contribution is -2.20. The number of aromatic amines is 1. The first kappa shape index (κ1) is 20.1. The summed E-state index contributed by atoms with van der Waals surface area (Å²) in [6, 6.07) is 10.7. The SMILES string of the molecule is Cc1ccc(-c2ncc[nH]2)cc1NC(=O)c1ccc(NC(=O)O)c(C(C)(C)C)c1. The molecule has 3 rings (SSSR count). The van der Waals surface area contributed by atoms with Crippen LogP contribution in [-0.4, -0.2) is 27.1 Å². The van der Waals surface area contributed by atoms with Gasteiger partial charge in [-0.05, 0) is 47.7 Å². The quantitative estimate of drug-likeness (QED) is 0.500. The molecule has 0 aliphatic carbocycles. The largest absolute Gasteiger partial charge is 0.465 e. The van der Waals surface area contributed by atoms with Crippen molar-refractivity contribution in [2.75, 3.05) is 10.6 Å². The average Bonchev–Trinajstić information content (AvgIpc) is 3.17. The molecule has 0 fully saturated rings. The molecule has 0 aliphatic heterocycles. The van der Waals surface area contributed by atoms with Crippen molar-refractivity contribution < 1.29 is 14.7 Å². The Balaban J connectivity index is 1.91. The first-order valence-electron chi connectivity index (χ1n) is 9.21. The molecule has 150 valence electrons. The maximum atomic E-state index is 12.9. The molecular weight excluding hydrogens is 368 g/mol. The van der Waals surface area contributed by atoms with E-state index in [0.717, 1.165) is 22.5 Å². The second-order valence-electron chi connectivity index (χ2n) is 7.86. The lowest BCUT2D eigenvalue weighted by atomic mass is 9.84. The van der Waals surface area contributed by atoms with Crippen LogP contribution in [0.15, 0.2) is 48.8 Å². The van der Waals surface area contributed by atoms with Gasteiger partial charge in [-0.25, -0.2) is 9.78 Å². The number of hydrogen-bond acceptors (Lipinski definition) is 3. The Morgan fingerprint density at radius 1 is 1.03 bits per heavy atom. The summed E-state index contributed by atoms with van der Waals surface area (Å²) in [6.07, 6.45) is 2.28. The molecule has 1 heterocycles. The van der Waals surface area contributed by atoms with Crippen LogP contribution in [0, 0.1) is 6.92 Å². The van der Waals surface area contributed by atoms with Crippen LogP contribution < -0.4 is 10.6 Å². The Hall–Kier alpha value is -3.61. The fourth-order valence-electron chi connectivity index (χ4n) is 3.05. The highest BCUT2D eigenvalue weighted by Crippen LogP contribution is 2.31. The Kier molecular flexibility index (Phi) is 5.41. The van der Waals surface area contributed by atoms with Crippen molar-refractivity contribution in [3.63, 3.8) is 0 Å². The summed E-state index contributed by atoms with van der Waals surface area (Å²) in [5.74, 6) is 0.455. The summed E-state index contributed by atoms with van der Waals surface area (Å²) in [7, 11) is 0. The van der Waals surface area contributed by atoms with E-state index in [0.29, 0.717) is 16.9 Å². The third kappa shape index (κ3) is 4.63. The van der Waals surface area contributed by atoms with Gasteiger partial charge in [-0.3, -0.25) is 10.1 Å². The third-order valence-corrected chi connectivity index (χ3v) is 4.59. The highest BCUT2D eigenvalue weighted by molar-refractivity contribution is 6.05. The van der Waals surface area contributed by atoms with E-state index in [-0.39, 0.29) is 11.3 Å². The lowest BCUT2D eigenvalue weighted by Gasteiger charge is -2.23. The standard InChI is InChI=1S/C22H24N4O3/c1-13-5-6-14(19-23-9-10-24-19)12-18(13)25-20(27)15-7-8-17(26-21(28)29)16(11-15)22(2,3)4/h5-12,26H,1-4H3,(H,23,24)(H,25,27)(H,28,29). The first-order valence-corrected chi connectivity index (χ1v) is 9.21. The summed E-state index contributed by atoms with van der Waals surface area (Å²) in [5.41, 5.74) is 3.80. The fraction of sp³-hybridized carbons (Fsp3) is 0.227. The van der Waals surface area contributed by atoms with Crippen LogP contribution in [0.25, 0.3) is 11.4 Å². The summed E-state index contributed by atoms with van der Waals surface area (Å²) < 4.78 is 0. The Labute approximate surface area is 169 Å². The van der Waals surface area contributed by atoms with Gasteiger partial charge in [-0.1, -0.05) is 32.9 Å². The molecule has 0 atom stereocenters. The van der Waals surface area contributed by atoms with Crippen LogP contribution >= 0.6 is 0 Å². The number of H-pyrrole nitrogens is 1. The molecule has 0 radical (unpaired) electrons. The zero-order chi connectivity index (χ0) is 21.2. The van der Waals surface area contributed by atoms with E-state index in [1.54, 1.807) is 30.6 Å². The molecule has 1 aromatic heterocycles. The van der Waals surface area contributed by atoms with Gasteiger partial charge in [0, 0.05) is 34.9 Å². The van der Waals surface area contributed by atoms with Gasteiger partial charge in [-0.2, -0.15) is 0 Å². The van der Waals surface area contributed by atoms with Gasteiger partial charge < -0.3 is 15.4 Å². The second kappa shape index (κ2) is 7.79. The van der Waals surface area contributed by atoms with E-state index in [9.17, 15) is 9.59 Å². The van der Waals surface area contributed by atoms with E-state index in [1.165, 1.54) is 0 Å². The molecule has 7 heteroatoms. The topological polar surface area (TPSA) is 107 Å². The van der Waals surface area contributed by atoms with E-state index in [2.05, 4.69) is 20.6 Å².